The molecule has 0 radical (unpaired) electrons. The van der Waals surface area contributed by atoms with Gasteiger partial charge in [0.15, 0.2) is 0 Å². The molecule has 1 aliphatic rings. The highest BCUT2D eigenvalue weighted by Gasteiger charge is 2.15. The van der Waals surface area contributed by atoms with Gasteiger partial charge in [-0.25, -0.2) is 4.79 Å². The minimum atomic E-state index is -0.0943. The number of hydrogen-bond acceptors (Lipinski definition) is 3. The molecule has 1 aromatic carbocycles. The highest BCUT2D eigenvalue weighted by Crippen LogP contribution is 2.25. The summed E-state index contributed by atoms with van der Waals surface area (Å²) in [5, 5.41) is 6.40. The zero-order chi connectivity index (χ0) is 15.8. The SMILES string of the molecule is CSC(C)c1ccc(CCNC(=O)NC2CCCOC2)cc1. The number of nitrogens with one attached hydrogen (secondary N) is 2. The second-order valence-corrected chi connectivity index (χ2v) is 6.86. The zero-order valence-corrected chi connectivity index (χ0v) is 14.2. The number of carbonyl (C=O) groups is 1. The molecule has 0 aliphatic carbocycles. The van der Waals surface area contributed by atoms with E-state index in [-0.39, 0.29) is 12.1 Å². The summed E-state index contributed by atoms with van der Waals surface area (Å²) in [5.41, 5.74) is 2.60. The molecule has 0 saturated carbocycles. The van der Waals surface area contributed by atoms with Crippen LogP contribution < -0.4 is 10.6 Å². The molecule has 1 aliphatic heterocycles. The maximum atomic E-state index is 11.8. The fourth-order valence-electron chi connectivity index (χ4n) is 2.50. The molecular formula is C17H26N2O2S. The molecule has 1 aromatic rings. The van der Waals surface area contributed by atoms with E-state index in [9.17, 15) is 4.79 Å². The van der Waals surface area contributed by atoms with Crippen LogP contribution in [0.1, 0.15) is 36.1 Å². The van der Waals surface area contributed by atoms with Crippen molar-refractivity contribution in [2.24, 2.45) is 0 Å². The van der Waals surface area contributed by atoms with E-state index in [1.165, 1.54) is 11.1 Å². The van der Waals surface area contributed by atoms with Gasteiger partial charge in [0.05, 0.1) is 12.6 Å². The maximum Gasteiger partial charge on any atom is 0.315 e. The highest BCUT2D eigenvalue weighted by atomic mass is 32.2. The normalized spacial score (nSPS) is 19.5. The molecule has 122 valence electrons. The Bertz CT molecular complexity index is 458. The molecule has 0 aromatic heterocycles. The molecular weight excluding hydrogens is 296 g/mol. The minimum absolute atomic E-state index is 0.0943. The Morgan fingerprint density at radius 3 is 2.82 bits per heavy atom. The van der Waals surface area contributed by atoms with Crippen molar-refractivity contribution in [2.75, 3.05) is 26.0 Å². The Morgan fingerprint density at radius 2 is 2.18 bits per heavy atom. The standard InChI is InChI=1S/C17H26N2O2S/c1-13(22-2)15-7-5-14(6-8-15)9-10-18-17(20)19-16-4-3-11-21-12-16/h5-8,13,16H,3-4,9-12H2,1-2H3,(H2,18,19,20). The lowest BCUT2D eigenvalue weighted by Gasteiger charge is -2.23. The highest BCUT2D eigenvalue weighted by molar-refractivity contribution is 7.98. The van der Waals surface area contributed by atoms with Gasteiger partial charge in [-0.1, -0.05) is 24.3 Å². The van der Waals surface area contributed by atoms with E-state index in [1.54, 1.807) is 0 Å². The van der Waals surface area contributed by atoms with Gasteiger partial charge in [0.1, 0.15) is 0 Å². The van der Waals surface area contributed by atoms with Crippen molar-refractivity contribution in [3.63, 3.8) is 0 Å². The van der Waals surface area contributed by atoms with Crippen LogP contribution in [0.3, 0.4) is 0 Å². The average Bonchev–Trinajstić information content (AvgIpc) is 2.55. The van der Waals surface area contributed by atoms with Crippen molar-refractivity contribution >= 4 is 17.8 Å². The summed E-state index contributed by atoms with van der Waals surface area (Å²) >= 11 is 1.85. The van der Waals surface area contributed by atoms with Crippen molar-refractivity contribution in [1.29, 1.82) is 0 Å². The number of benzene rings is 1. The lowest BCUT2D eigenvalue weighted by atomic mass is 10.1. The van der Waals surface area contributed by atoms with Crippen molar-refractivity contribution in [3.05, 3.63) is 35.4 Å². The number of hydrogen-bond donors (Lipinski definition) is 2. The van der Waals surface area contributed by atoms with Gasteiger partial charge in [-0.3, -0.25) is 0 Å². The molecule has 2 N–H and O–H groups in total. The first kappa shape index (κ1) is 17.2. The van der Waals surface area contributed by atoms with Crippen molar-refractivity contribution in [2.45, 2.75) is 37.5 Å². The van der Waals surface area contributed by atoms with E-state index in [0.29, 0.717) is 18.4 Å². The third-order valence-corrected chi connectivity index (χ3v) is 4.98. The molecule has 2 atom stereocenters. The predicted molar refractivity (Wildman–Crippen MR) is 92.5 cm³/mol. The Hall–Kier alpha value is -1.20. The van der Waals surface area contributed by atoms with Crippen LogP contribution in [-0.4, -0.2) is 38.1 Å². The fourth-order valence-corrected chi connectivity index (χ4v) is 2.93. The van der Waals surface area contributed by atoms with Gasteiger partial charge >= 0.3 is 6.03 Å². The Balaban J connectivity index is 1.68. The Labute approximate surface area is 137 Å². The molecule has 2 rings (SSSR count). The number of amides is 2. The van der Waals surface area contributed by atoms with Crippen LogP contribution in [-0.2, 0) is 11.2 Å². The van der Waals surface area contributed by atoms with E-state index in [2.05, 4.69) is 48.1 Å². The third-order valence-electron chi connectivity index (χ3n) is 4.00. The van der Waals surface area contributed by atoms with Crippen molar-refractivity contribution in [3.8, 4) is 0 Å². The number of rotatable bonds is 6. The molecule has 22 heavy (non-hydrogen) atoms. The van der Waals surface area contributed by atoms with Crippen LogP contribution >= 0.6 is 11.8 Å². The smallest absolute Gasteiger partial charge is 0.315 e. The summed E-state index contributed by atoms with van der Waals surface area (Å²) in [6, 6.07) is 8.71. The topological polar surface area (TPSA) is 50.4 Å². The van der Waals surface area contributed by atoms with E-state index in [0.717, 1.165) is 25.9 Å². The molecule has 0 spiro atoms. The summed E-state index contributed by atoms with van der Waals surface area (Å²) in [4.78, 5) is 11.8. The van der Waals surface area contributed by atoms with Crippen LogP contribution in [0.4, 0.5) is 4.79 Å². The maximum absolute atomic E-state index is 11.8. The van der Waals surface area contributed by atoms with Gasteiger partial charge in [-0.2, -0.15) is 11.8 Å². The molecule has 2 amide bonds. The second-order valence-electron chi connectivity index (χ2n) is 5.68. The van der Waals surface area contributed by atoms with E-state index in [1.807, 2.05) is 11.8 Å². The number of ether oxygens (including phenoxy) is 1. The lowest BCUT2D eigenvalue weighted by Crippen LogP contribution is -2.46. The summed E-state index contributed by atoms with van der Waals surface area (Å²) in [6.07, 6.45) is 5.00. The van der Waals surface area contributed by atoms with Gasteiger partial charge in [-0.05, 0) is 43.6 Å². The summed E-state index contributed by atoms with van der Waals surface area (Å²) in [5.74, 6) is 0. The molecule has 5 heteroatoms. The summed E-state index contributed by atoms with van der Waals surface area (Å²) in [7, 11) is 0. The zero-order valence-electron chi connectivity index (χ0n) is 13.4. The van der Waals surface area contributed by atoms with Crippen LogP contribution in [0, 0.1) is 0 Å². The second kappa shape index (κ2) is 9.06. The van der Waals surface area contributed by atoms with Gasteiger partial charge in [0.25, 0.3) is 0 Å². The van der Waals surface area contributed by atoms with Crippen LogP contribution in [0.15, 0.2) is 24.3 Å². The molecule has 0 bridgehead atoms. The van der Waals surface area contributed by atoms with E-state index in [4.69, 9.17) is 4.74 Å². The monoisotopic (exact) mass is 322 g/mol. The van der Waals surface area contributed by atoms with Crippen molar-refractivity contribution < 1.29 is 9.53 Å². The van der Waals surface area contributed by atoms with Crippen LogP contribution in [0.25, 0.3) is 0 Å². The van der Waals surface area contributed by atoms with Crippen molar-refractivity contribution in [1.82, 2.24) is 10.6 Å². The van der Waals surface area contributed by atoms with Gasteiger partial charge in [0.2, 0.25) is 0 Å². The Kier molecular flexibility index (Phi) is 7.06. The summed E-state index contributed by atoms with van der Waals surface area (Å²) in [6.45, 7) is 4.30. The quantitative estimate of drug-likeness (QED) is 0.846. The summed E-state index contributed by atoms with van der Waals surface area (Å²) < 4.78 is 5.35. The first-order chi connectivity index (χ1) is 10.7. The van der Waals surface area contributed by atoms with Gasteiger partial charge in [-0.15, -0.1) is 0 Å². The van der Waals surface area contributed by atoms with E-state index < -0.39 is 0 Å². The molecule has 2 unspecified atom stereocenters. The first-order valence-corrected chi connectivity index (χ1v) is 9.21. The predicted octanol–water partition coefficient (Wildman–Crippen LogP) is 3.13. The average molecular weight is 322 g/mol. The lowest BCUT2D eigenvalue weighted by molar-refractivity contribution is 0.0732. The van der Waals surface area contributed by atoms with Crippen LogP contribution in [0.5, 0.6) is 0 Å². The minimum Gasteiger partial charge on any atom is -0.379 e. The molecule has 4 nitrogen and oxygen atoms in total. The Morgan fingerprint density at radius 1 is 1.41 bits per heavy atom. The molecule has 1 fully saturated rings. The number of urea groups is 1. The third kappa shape index (κ3) is 5.54. The van der Waals surface area contributed by atoms with Gasteiger partial charge in [0, 0.05) is 18.4 Å². The van der Waals surface area contributed by atoms with E-state index >= 15 is 0 Å². The molecule has 1 heterocycles. The molecule has 1 saturated heterocycles. The first-order valence-electron chi connectivity index (χ1n) is 7.93. The van der Waals surface area contributed by atoms with Gasteiger partial charge < -0.3 is 15.4 Å². The fraction of sp³-hybridized carbons (Fsp3) is 0.588. The van der Waals surface area contributed by atoms with Crippen LogP contribution in [0.2, 0.25) is 0 Å². The number of thioether (sulfide) groups is 1. The largest absolute Gasteiger partial charge is 0.379 e. The number of carbonyl (C=O) groups excluding carboxylic acids is 1.